The molecular formula is C19H17ClN4O2. The minimum absolute atomic E-state index is 0.198. The molecule has 1 aromatic heterocycles. The number of carbonyl (C=O) groups excluding carboxylic acids is 2. The Morgan fingerprint density at radius 3 is 2.50 bits per heavy atom. The van der Waals surface area contributed by atoms with Gasteiger partial charge < -0.3 is 10.6 Å². The third kappa shape index (κ3) is 3.92. The van der Waals surface area contributed by atoms with Crippen molar-refractivity contribution in [2.45, 2.75) is 6.92 Å². The first-order valence-electron chi connectivity index (χ1n) is 7.92. The molecule has 0 spiro atoms. The molecule has 26 heavy (non-hydrogen) atoms. The molecule has 0 unspecified atom stereocenters. The number of anilines is 2. The molecule has 0 saturated carbocycles. The van der Waals surface area contributed by atoms with Crippen LogP contribution in [0.5, 0.6) is 0 Å². The number of halogens is 1. The maximum absolute atomic E-state index is 12.4. The number of aromatic nitrogens is 2. The first kappa shape index (κ1) is 17.7. The molecule has 0 saturated heterocycles. The SMILES string of the molecule is Cc1cccc(NC(=O)c2cc(NC(=O)c3ccccc3Cl)n(C)n2)c1. The van der Waals surface area contributed by atoms with Crippen LogP contribution in [0.15, 0.2) is 54.6 Å². The fraction of sp³-hybridized carbons (Fsp3) is 0.105. The van der Waals surface area contributed by atoms with E-state index in [1.807, 2.05) is 25.1 Å². The van der Waals surface area contributed by atoms with Crippen LogP contribution in [-0.4, -0.2) is 21.6 Å². The van der Waals surface area contributed by atoms with E-state index in [-0.39, 0.29) is 17.5 Å². The second-order valence-corrected chi connectivity index (χ2v) is 6.20. The average Bonchev–Trinajstić information content (AvgIpc) is 2.96. The van der Waals surface area contributed by atoms with Gasteiger partial charge in [-0.3, -0.25) is 14.3 Å². The van der Waals surface area contributed by atoms with E-state index < -0.39 is 0 Å². The van der Waals surface area contributed by atoms with Gasteiger partial charge in [0.25, 0.3) is 11.8 Å². The fourth-order valence-corrected chi connectivity index (χ4v) is 2.66. The minimum atomic E-state index is -0.371. The van der Waals surface area contributed by atoms with Crippen molar-refractivity contribution < 1.29 is 9.59 Å². The standard InChI is InChI=1S/C19H17ClN4O2/c1-12-6-5-7-13(10-12)21-19(26)16-11-17(24(2)23-16)22-18(25)14-8-3-4-9-15(14)20/h3-11H,1-2H3,(H,21,26)(H,22,25). The van der Waals surface area contributed by atoms with Crippen LogP contribution in [0.1, 0.15) is 26.4 Å². The van der Waals surface area contributed by atoms with Crippen LogP contribution in [0.2, 0.25) is 5.02 Å². The van der Waals surface area contributed by atoms with Crippen molar-refractivity contribution in [3.63, 3.8) is 0 Å². The van der Waals surface area contributed by atoms with E-state index >= 15 is 0 Å². The van der Waals surface area contributed by atoms with Gasteiger partial charge in [-0.15, -0.1) is 0 Å². The number of hydrogen-bond acceptors (Lipinski definition) is 3. The van der Waals surface area contributed by atoms with Crippen LogP contribution >= 0.6 is 11.6 Å². The maximum atomic E-state index is 12.4. The van der Waals surface area contributed by atoms with Gasteiger partial charge in [-0.25, -0.2) is 0 Å². The highest BCUT2D eigenvalue weighted by Crippen LogP contribution is 2.18. The number of nitrogens with zero attached hydrogens (tertiary/aromatic N) is 2. The molecule has 0 bridgehead atoms. The van der Waals surface area contributed by atoms with E-state index in [2.05, 4.69) is 15.7 Å². The molecular weight excluding hydrogens is 352 g/mol. The van der Waals surface area contributed by atoms with Gasteiger partial charge in [-0.05, 0) is 36.8 Å². The Kier molecular flexibility index (Phi) is 5.04. The minimum Gasteiger partial charge on any atom is -0.321 e. The van der Waals surface area contributed by atoms with E-state index in [0.717, 1.165) is 5.56 Å². The summed E-state index contributed by atoms with van der Waals surface area (Å²) in [5, 5.41) is 10.0. The normalized spacial score (nSPS) is 10.4. The van der Waals surface area contributed by atoms with Crippen molar-refractivity contribution >= 4 is 34.9 Å². The first-order chi connectivity index (χ1) is 12.4. The van der Waals surface area contributed by atoms with Gasteiger partial charge in [0, 0.05) is 18.8 Å². The van der Waals surface area contributed by atoms with E-state index in [0.29, 0.717) is 22.1 Å². The molecule has 0 aliphatic rings. The zero-order chi connectivity index (χ0) is 18.7. The molecule has 2 N–H and O–H groups in total. The molecule has 0 aliphatic carbocycles. The molecule has 2 amide bonds. The number of rotatable bonds is 4. The number of benzene rings is 2. The van der Waals surface area contributed by atoms with Gasteiger partial charge in [0.15, 0.2) is 5.69 Å². The average molecular weight is 369 g/mol. The topological polar surface area (TPSA) is 76.0 Å². The summed E-state index contributed by atoms with van der Waals surface area (Å²) < 4.78 is 1.43. The zero-order valence-electron chi connectivity index (χ0n) is 14.3. The monoisotopic (exact) mass is 368 g/mol. The fourth-order valence-electron chi connectivity index (χ4n) is 2.44. The summed E-state index contributed by atoms with van der Waals surface area (Å²) in [5.74, 6) is -0.335. The van der Waals surface area contributed by atoms with Crippen LogP contribution in [0.3, 0.4) is 0 Å². The lowest BCUT2D eigenvalue weighted by molar-refractivity contribution is 0.101. The summed E-state index contributed by atoms with van der Waals surface area (Å²) in [5.41, 5.74) is 2.27. The molecule has 7 heteroatoms. The van der Waals surface area contributed by atoms with Crippen molar-refractivity contribution in [2.75, 3.05) is 10.6 Å². The van der Waals surface area contributed by atoms with Crippen molar-refractivity contribution in [3.8, 4) is 0 Å². The Balaban J connectivity index is 1.75. The molecule has 0 radical (unpaired) electrons. The van der Waals surface area contributed by atoms with Gasteiger partial charge in [0.2, 0.25) is 0 Å². The zero-order valence-corrected chi connectivity index (χ0v) is 15.0. The van der Waals surface area contributed by atoms with Crippen LogP contribution in [0, 0.1) is 6.92 Å². The van der Waals surface area contributed by atoms with Gasteiger partial charge in [0.1, 0.15) is 5.82 Å². The van der Waals surface area contributed by atoms with Crippen LogP contribution in [0.25, 0.3) is 0 Å². The first-order valence-corrected chi connectivity index (χ1v) is 8.30. The Morgan fingerprint density at radius 1 is 1.00 bits per heavy atom. The van der Waals surface area contributed by atoms with Crippen molar-refractivity contribution in [2.24, 2.45) is 7.05 Å². The molecule has 6 nitrogen and oxygen atoms in total. The van der Waals surface area contributed by atoms with Crippen LogP contribution in [-0.2, 0) is 7.05 Å². The molecule has 132 valence electrons. The summed E-state index contributed by atoms with van der Waals surface area (Å²) in [4.78, 5) is 24.7. The van der Waals surface area contributed by atoms with E-state index in [4.69, 9.17) is 11.6 Å². The lowest BCUT2D eigenvalue weighted by Crippen LogP contribution is -2.14. The molecule has 0 atom stereocenters. The van der Waals surface area contributed by atoms with Gasteiger partial charge >= 0.3 is 0 Å². The van der Waals surface area contributed by atoms with E-state index in [1.165, 1.54) is 10.7 Å². The predicted molar refractivity (Wildman–Crippen MR) is 102 cm³/mol. The van der Waals surface area contributed by atoms with Gasteiger partial charge in [-0.2, -0.15) is 5.10 Å². The second kappa shape index (κ2) is 7.41. The number of aryl methyl sites for hydroxylation is 2. The lowest BCUT2D eigenvalue weighted by atomic mass is 10.2. The number of carbonyl (C=O) groups is 2. The summed E-state index contributed by atoms with van der Waals surface area (Å²) in [6.07, 6.45) is 0. The summed E-state index contributed by atoms with van der Waals surface area (Å²) in [6, 6.07) is 15.7. The smallest absolute Gasteiger partial charge is 0.276 e. The Labute approximate surface area is 155 Å². The lowest BCUT2D eigenvalue weighted by Gasteiger charge is -2.06. The second-order valence-electron chi connectivity index (χ2n) is 5.80. The Hall–Kier alpha value is -3.12. The van der Waals surface area contributed by atoms with Crippen LogP contribution < -0.4 is 10.6 Å². The third-order valence-corrected chi connectivity index (χ3v) is 4.08. The number of nitrogens with one attached hydrogen (secondary N) is 2. The van der Waals surface area contributed by atoms with Crippen molar-refractivity contribution in [1.29, 1.82) is 0 Å². The number of amides is 2. The Bertz CT molecular complexity index is 981. The molecule has 0 aliphatic heterocycles. The highest BCUT2D eigenvalue weighted by Gasteiger charge is 2.16. The molecule has 0 fully saturated rings. The molecule has 3 aromatic rings. The predicted octanol–water partition coefficient (Wildman–Crippen LogP) is 3.89. The third-order valence-electron chi connectivity index (χ3n) is 3.75. The maximum Gasteiger partial charge on any atom is 0.276 e. The number of hydrogen-bond donors (Lipinski definition) is 2. The van der Waals surface area contributed by atoms with Gasteiger partial charge in [0.05, 0.1) is 10.6 Å². The molecule has 2 aromatic carbocycles. The van der Waals surface area contributed by atoms with Crippen molar-refractivity contribution in [1.82, 2.24) is 9.78 Å². The highest BCUT2D eigenvalue weighted by atomic mass is 35.5. The largest absolute Gasteiger partial charge is 0.321 e. The van der Waals surface area contributed by atoms with E-state index in [9.17, 15) is 9.59 Å². The summed E-state index contributed by atoms with van der Waals surface area (Å²) in [7, 11) is 1.64. The quantitative estimate of drug-likeness (QED) is 0.733. The molecule has 1 heterocycles. The summed E-state index contributed by atoms with van der Waals surface area (Å²) >= 11 is 6.04. The van der Waals surface area contributed by atoms with Crippen molar-refractivity contribution in [3.05, 3.63) is 76.4 Å². The highest BCUT2D eigenvalue weighted by molar-refractivity contribution is 6.34. The Morgan fingerprint density at radius 2 is 1.77 bits per heavy atom. The van der Waals surface area contributed by atoms with Crippen LogP contribution in [0.4, 0.5) is 11.5 Å². The molecule has 3 rings (SSSR count). The van der Waals surface area contributed by atoms with E-state index in [1.54, 1.807) is 37.4 Å². The van der Waals surface area contributed by atoms with Gasteiger partial charge in [-0.1, -0.05) is 35.9 Å². The summed E-state index contributed by atoms with van der Waals surface area (Å²) in [6.45, 7) is 1.94.